The molecule has 7 heteroatoms. The molecule has 0 atom stereocenters. The predicted octanol–water partition coefficient (Wildman–Crippen LogP) is 1.20. The minimum Gasteiger partial charge on any atom is -0.355 e. The normalized spacial score (nSPS) is 10.2. The molecule has 0 unspecified atom stereocenters. The number of aromatic nitrogens is 3. The molecule has 0 aliphatic heterocycles. The molecule has 0 radical (unpaired) electrons. The Morgan fingerprint density at radius 1 is 1.43 bits per heavy atom. The number of nitrogens with one attached hydrogen (secondary N) is 1. The Bertz CT molecular complexity index is 751. The van der Waals surface area contributed by atoms with Gasteiger partial charge in [0.05, 0.1) is 6.54 Å². The average molecular weight is 313 g/mol. The van der Waals surface area contributed by atoms with E-state index in [1.165, 1.54) is 11.0 Å². The molecule has 0 saturated carbocycles. The smallest absolute Gasteiger partial charge is 0.251 e. The third-order valence-electron chi connectivity index (χ3n) is 3.48. The van der Waals surface area contributed by atoms with Gasteiger partial charge in [-0.25, -0.2) is 0 Å². The second kappa shape index (κ2) is 6.87. The molecule has 2 amide bonds. The van der Waals surface area contributed by atoms with Crippen molar-refractivity contribution < 1.29 is 9.59 Å². The van der Waals surface area contributed by atoms with E-state index in [9.17, 15) is 9.59 Å². The van der Waals surface area contributed by atoms with Crippen molar-refractivity contribution in [2.24, 2.45) is 7.05 Å². The highest BCUT2D eigenvalue weighted by molar-refractivity contribution is 6.03. The first-order valence-corrected chi connectivity index (χ1v) is 7.08. The Kier molecular flexibility index (Phi) is 4.90. The monoisotopic (exact) mass is 313 g/mol. The van der Waals surface area contributed by atoms with E-state index < -0.39 is 0 Å². The van der Waals surface area contributed by atoms with E-state index in [0.29, 0.717) is 22.5 Å². The van der Waals surface area contributed by atoms with Crippen LogP contribution in [0.1, 0.15) is 21.6 Å². The Morgan fingerprint density at radius 3 is 2.74 bits per heavy atom. The largest absolute Gasteiger partial charge is 0.355 e. The second-order valence-corrected chi connectivity index (χ2v) is 5.04. The van der Waals surface area contributed by atoms with Crippen LogP contribution in [-0.2, 0) is 18.4 Å². The fourth-order valence-electron chi connectivity index (χ4n) is 2.32. The predicted molar refractivity (Wildman–Crippen MR) is 87.0 cm³/mol. The van der Waals surface area contributed by atoms with E-state index in [1.807, 2.05) is 0 Å². The quantitative estimate of drug-likeness (QED) is 0.841. The maximum Gasteiger partial charge on any atom is 0.251 e. The molecule has 23 heavy (non-hydrogen) atoms. The number of carbonyl (C=O) groups excluding carboxylic acids is 2. The van der Waals surface area contributed by atoms with E-state index in [4.69, 9.17) is 0 Å². The topological polar surface area (TPSA) is 80.1 Å². The van der Waals surface area contributed by atoms with Crippen LogP contribution in [-0.4, -0.2) is 33.9 Å². The summed E-state index contributed by atoms with van der Waals surface area (Å²) in [7, 11) is 3.33. The lowest BCUT2D eigenvalue weighted by molar-refractivity contribution is -0.114. The first-order valence-electron chi connectivity index (χ1n) is 7.08. The van der Waals surface area contributed by atoms with Gasteiger partial charge in [-0.15, -0.1) is 5.10 Å². The molecule has 1 aromatic heterocycles. The molecule has 0 spiro atoms. The van der Waals surface area contributed by atoms with E-state index in [1.54, 1.807) is 50.1 Å². The van der Waals surface area contributed by atoms with Crippen LogP contribution in [0.2, 0.25) is 0 Å². The Labute approximate surface area is 134 Å². The van der Waals surface area contributed by atoms with Crippen LogP contribution >= 0.6 is 0 Å². The molecule has 1 aromatic carbocycles. The second-order valence-electron chi connectivity index (χ2n) is 5.04. The Balaban J connectivity index is 2.45. The molecular weight excluding hydrogens is 294 g/mol. The third kappa shape index (κ3) is 3.45. The van der Waals surface area contributed by atoms with Gasteiger partial charge >= 0.3 is 0 Å². The average Bonchev–Trinajstić information content (AvgIpc) is 2.97. The highest BCUT2D eigenvalue weighted by atomic mass is 16.2. The van der Waals surface area contributed by atoms with E-state index in [2.05, 4.69) is 22.2 Å². The Morgan fingerprint density at radius 2 is 2.17 bits per heavy atom. The minimum absolute atomic E-state index is 0.199. The maximum absolute atomic E-state index is 12.3. The summed E-state index contributed by atoms with van der Waals surface area (Å²) in [5.74, 6) is -0.470. The van der Waals surface area contributed by atoms with Gasteiger partial charge in [0.2, 0.25) is 0 Å². The zero-order valence-corrected chi connectivity index (χ0v) is 13.4. The van der Waals surface area contributed by atoms with Gasteiger partial charge in [0, 0.05) is 31.5 Å². The molecule has 0 aliphatic carbocycles. The molecule has 0 fully saturated rings. The summed E-state index contributed by atoms with van der Waals surface area (Å²) in [6.07, 6.45) is 2.98. The van der Waals surface area contributed by atoms with Crippen LogP contribution < -0.4 is 10.2 Å². The first kappa shape index (κ1) is 16.4. The highest BCUT2D eigenvalue weighted by Crippen LogP contribution is 2.25. The van der Waals surface area contributed by atoms with Crippen molar-refractivity contribution in [3.05, 3.63) is 53.9 Å². The fraction of sp³-hybridized carbons (Fsp3) is 0.250. The number of benzene rings is 1. The summed E-state index contributed by atoms with van der Waals surface area (Å²) in [6, 6.07) is 5.25. The summed E-state index contributed by atoms with van der Waals surface area (Å²) in [4.78, 5) is 25.8. The number of anilines is 1. The van der Waals surface area contributed by atoms with Crippen molar-refractivity contribution in [2.75, 3.05) is 11.9 Å². The van der Waals surface area contributed by atoms with E-state index >= 15 is 0 Å². The standard InChI is InChI=1S/C16H19N5O2/c1-5-15(22)21(10-12-9-20(4)19-18-12)14-8-6-7-13(11(14)2)16(23)17-3/h5-9H,1,10H2,2-4H3,(H,17,23). The van der Waals surface area contributed by atoms with Gasteiger partial charge in [-0.1, -0.05) is 17.9 Å². The van der Waals surface area contributed by atoms with Gasteiger partial charge in [0.25, 0.3) is 11.8 Å². The van der Waals surface area contributed by atoms with Crippen molar-refractivity contribution in [1.29, 1.82) is 0 Å². The van der Waals surface area contributed by atoms with Crippen molar-refractivity contribution in [1.82, 2.24) is 20.3 Å². The number of hydrogen-bond donors (Lipinski definition) is 1. The van der Waals surface area contributed by atoms with Gasteiger partial charge in [-0.3, -0.25) is 14.3 Å². The number of nitrogens with zero attached hydrogens (tertiary/aromatic N) is 4. The zero-order chi connectivity index (χ0) is 17.0. The molecule has 120 valence electrons. The number of hydrogen-bond acceptors (Lipinski definition) is 4. The summed E-state index contributed by atoms with van der Waals surface area (Å²) < 4.78 is 1.57. The molecule has 0 saturated heterocycles. The van der Waals surface area contributed by atoms with Crippen LogP contribution in [0.5, 0.6) is 0 Å². The first-order chi connectivity index (χ1) is 11.0. The summed E-state index contributed by atoms with van der Waals surface area (Å²) >= 11 is 0. The number of rotatable bonds is 5. The van der Waals surface area contributed by atoms with Crippen molar-refractivity contribution in [3.8, 4) is 0 Å². The summed E-state index contributed by atoms with van der Waals surface area (Å²) in [5, 5.41) is 10.5. The third-order valence-corrected chi connectivity index (χ3v) is 3.48. The van der Waals surface area contributed by atoms with Crippen molar-refractivity contribution in [3.63, 3.8) is 0 Å². The molecule has 2 rings (SSSR count). The zero-order valence-electron chi connectivity index (χ0n) is 13.4. The number of carbonyl (C=O) groups is 2. The SMILES string of the molecule is C=CC(=O)N(Cc1cn(C)nn1)c1cccc(C(=O)NC)c1C. The minimum atomic E-state index is -0.271. The van der Waals surface area contributed by atoms with E-state index in [0.717, 1.165) is 0 Å². The number of aryl methyl sites for hydroxylation is 1. The van der Waals surface area contributed by atoms with Crippen LogP contribution in [0.4, 0.5) is 5.69 Å². The molecule has 1 N–H and O–H groups in total. The lowest BCUT2D eigenvalue weighted by Crippen LogP contribution is -2.30. The fourth-order valence-corrected chi connectivity index (χ4v) is 2.32. The van der Waals surface area contributed by atoms with Crippen molar-refractivity contribution in [2.45, 2.75) is 13.5 Å². The molecule has 2 aromatic rings. The van der Waals surface area contributed by atoms with E-state index in [-0.39, 0.29) is 18.4 Å². The van der Waals surface area contributed by atoms with Gasteiger partial charge in [0.1, 0.15) is 5.69 Å². The molecule has 0 aliphatic rings. The van der Waals surface area contributed by atoms with Gasteiger partial charge in [-0.05, 0) is 30.7 Å². The summed E-state index contributed by atoms with van der Waals surface area (Å²) in [6.45, 7) is 5.60. The van der Waals surface area contributed by atoms with Crippen LogP contribution in [0, 0.1) is 6.92 Å². The van der Waals surface area contributed by atoms with Crippen LogP contribution in [0.3, 0.4) is 0 Å². The lowest BCUT2D eigenvalue weighted by Gasteiger charge is -2.23. The lowest BCUT2D eigenvalue weighted by atomic mass is 10.0. The number of amides is 2. The van der Waals surface area contributed by atoms with Crippen LogP contribution in [0.25, 0.3) is 0 Å². The molecule has 7 nitrogen and oxygen atoms in total. The van der Waals surface area contributed by atoms with Gasteiger partial charge in [0.15, 0.2) is 0 Å². The highest BCUT2D eigenvalue weighted by Gasteiger charge is 2.20. The van der Waals surface area contributed by atoms with Gasteiger partial charge in [-0.2, -0.15) is 0 Å². The maximum atomic E-state index is 12.3. The molecular formula is C16H19N5O2. The van der Waals surface area contributed by atoms with Crippen LogP contribution in [0.15, 0.2) is 37.1 Å². The molecule has 1 heterocycles. The van der Waals surface area contributed by atoms with Gasteiger partial charge < -0.3 is 10.2 Å². The van der Waals surface area contributed by atoms with Crippen molar-refractivity contribution >= 4 is 17.5 Å². The summed E-state index contributed by atoms with van der Waals surface area (Å²) in [5.41, 5.74) is 2.52. The Hall–Kier alpha value is -2.96. The molecule has 0 bridgehead atoms.